The third kappa shape index (κ3) is 3.86. The number of hydrogen-bond donors (Lipinski definition) is 1. The van der Waals surface area contributed by atoms with E-state index in [1.165, 1.54) is 7.11 Å². The van der Waals surface area contributed by atoms with Gasteiger partial charge < -0.3 is 19.5 Å². The maximum Gasteiger partial charge on any atom is 0.337 e. The minimum absolute atomic E-state index is 0.219. The van der Waals surface area contributed by atoms with Gasteiger partial charge in [0.25, 0.3) is 11.5 Å². The molecule has 27 heavy (non-hydrogen) atoms. The topological polar surface area (TPSA) is 82.7 Å². The summed E-state index contributed by atoms with van der Waals surface area (Å²) in [6.45, 7) is 5.97. The molecule has 3 rings (SSSR count). The minimum atomic E-state index is -0.365. The van der Waals surface area contributed by atoms with Crippen LogP contribution in [0.1, 0.15) is 32.0 Å². The molecule has 1 N–H and O–H groups in total. The van der Waals surface area contributed by atoms with E-state index in [0.717, 1.165) is 11.4 Å². The van der Waals surface area contributed by atoms with E-state index in [4.69, 9.17) is 4.74 Å². The maximum absolute atomic E-state index is 12.8. The van der Waals surface area contributed by atoms with Crippen molar-refractivity contribution in [1.82, 2.24) is 9.88 Å². The summed E-state index contributed by atoms with van der Waals surface area (Å²) in [6.07, 6.45) is 0. The van der Waals surface area contributed by atoms with Crippen LogP contribution < -0.4 is 10.5 Å². The summed E-state index contributed by atoms with van der Waals surface area (Å²) in [4.78, 5) is 43.1. The van der Waals surface area contributed by atoms with Crippen LogP contribution in [0.5, 0.6) is 0 Å². The molecule has 1 aromatic carbocycles. The Morgan fingerprint density at radius 2 is 1.67 bits per heavy atom. The van der Waals surface area contributed by atoms with E-state index in [1.807, 2.05) is 18.2 Å². The number of nitrogens with zero attached hydrogens (tertiary/aromatic N) is 2. The van der Waals surface area contributed by atoms with Crippen molar-refractivity contribution in [2.75, 3.05) is 38.2 Å². The average molecular weight is 369 g/mol. The molecule has 0 bridgehead atoms. The van der Waals surface area contributed by atoms with Crippen LogP contribution in [0.15, 0.2) is 35.1 Å². The van der Waals surface area contributed by atoms with E-state index < -0.39 is 0 Å². The number of aromatic amines is 1. The van der Waals surface area contributed by atoms with Gasteiger partial charge in [-0.05, 0) is 49.7 Å². The highest BCUT2D eigenvalue weighted by Crippen LogP contribution is 2.19. The zero-order valence-electron chi connectivity index (χ0n) is 15.7. The lowest BCUT2D eigenvalue weighted by molar-refractivity contribution is 0.0600. The van der Waals surface area contributed by atoms with Gasteiger partial charge >= 0.3 is 5.97 Å². The molecule has 2 heterocycles. The average Bonchev–Trinajstić information content (AvgIpc) is 2.66. The van der Waals surface area contributed by atoms with E-state index in [1.54, 1.807) is 30.9 Å². The predicted molar refractivity (Wildman–Crippen MR) is 102 cm³/mol. The second kappa shape index (κ2) is 7.65. The third-order valence-electron chi connectivity index (χ3n) is 4.80. The van der Waals surface area contributed by atoms with Crippen LogP contribution in [-0.2, 0) is 4.74 Å². The number of anilines is 1. The van der Waals surface area contributed by atoms with Crippen LogP contribution >= 0.6 is 0 Å². The molecule has 0 saturated carbocycles. The van der Waals surface area contributed by atoms with Crippen LogP contribution in [0.4, 0.5) is 5.69 Å². The minimum Gasteiger partial charge on any atom is -0.465 e. The number of aryl methyl sites for hydroxylation is 2. The quantitative estimate of drug-likeness (QED) is 0.834. The first-order valence-corrected chi connectivity index (χ1v) is 8.84. The SMILES string of the molecule is COC(=O)c1ccc(N2CCN(C(=O)c3c(C)cc(C)[nH]c3=O)CC2)cc1. The second-order valence-corrected chi connectivity index (χ2v) is 6.66. The van der Waals surface area contributed by atoms with Gasteiger partial charge in [0.05, 0.1) is 12.7 Å². The van der Waals surface area contributed by atoms with Gasteiger partial charge in [0, 0.05) is 37.6 Å². The highest BCUT2D eigenvalue weighted by Gasteiger charge is 2.25. The fraction of sp³-hybridized carbons (Fsp3) is 0.350. The fourth-order valence-electron chi connectivity index (χ4n) is 3.37. The second-order valence-electron chi connectivity index (χ2n) is 6.66. The molecule has 0 spiro atoms. The molecule has 7 heteroatoms. The monoisotopic (exact) mass is 369 g/mol. The number of benzene rings is 1. The van der Waals surface area contributed by atoms with E-state index >= 15 is 0 Å². The number of aromatic nitrogens is 1. The molecule has 142 valence electrons. The number of hydrogen-bond acceptors (Lipinski definition) is 5. The number of carbonyl (C=O) groups excluding carboxylic acids is 2. The fourth-order valence-corrected chi connectivity index (χ4v) is 3.37. The van der Waals surface area contributed by atoms with Gasteiger partial charge in [-0.25, -0.2) is 4.79 Å². The predicted octanol–water partition coefficient (Wildman–Crippen LogP) is 1.74. The summed E-state index contributed by atoms with van der Waals surface area (Å²) in [5, 5.41) is 0. The van der Waals surface area contributed by atoms with Gasteiger partial charge in [-0.3, -0.25) is 9.59 Å². The molecule has 2 aromatic rings. The summed E-state index contributed by atoms with van der Waals surface area (Å²) in [6, 6.07) is 9.02. The number of H-pyrrole nitrogens is 1. The maximum atomic E-state index is 12.8. The molecular formula is C20H23N3O4. The molecule has 1 fully saturated rings. The zero-order chi connectivity index (χ0) is 19.6. The molecule has 1 saturated heterocycles. The lowest BCUT2D eigenvalue weighted by Crippen LogP contribution is -2.49. The lowest BCUT2D eigenvalue weighted by Gasteiger charge is -2.36. The van der Waals surface area contributed by atoms with E-state index in [9.17, 15) is 14.4 Å². The van der Waals surface area contributed by atoms with Crippen LogP contribution in [0, 0.1) is 13.8 Å². The van der Waals surface area contributed by atoms with Crippen molar-refractivity contribution >= 4 is 17.6 Å². The summed E-state index contributed by atoms with van der Waals surface area (Å²) in [5.74, 6) is -0.593. The number of methoxy groups -OCH3 is 1. The molecule has 0 atom stereocenters. The Kier molecular flexibility index (Phi) is 5.30. The largest absolute Gasteiger partial charge is 0.465 e. The van der Waals surface area contributed by atoms with Crippen molar-refractivity contribution in [3.63, 3.8) is 0 Å². The number of amides is 1. The number of nitrogens with one attached hydrogen (secondary N) is 1. The Balaban J connectivity index is 1.68. The summed E-state index contributed by atoms with van der Waals surface area (Å²) < 4.78 is 4.71. The summed E-state index contributed by atoms with van der Waals surface area (Å²) in [7, 11) is 1.35. The Morgan fingerprint density at radius 3 is 2.22 bits per heavy atom. The number of ether oxygens (including phenoxy) is 1. The number of piperazine rings is 1. The van der Waals surface area contributed by atoms with E-state index in [-0.39, 0.29) is 23.0 Å². The highest BCUT2D eigenvalue weighted by molar-refractivity contribution is 5.95. The molecule has 0 unspecified atom stereocenters. The molecule has 0 radical (unpaired) electrons. The lowest BCUT2D eigenvalue weighted by atomic mass is 10.1. The molecule has 1 aromatic heterocycles. The number of esters is 1. The smallest absolute Gasteiger partial charge is 0.337 e. The number of carbonyl (C=O) groups is 2. The Morgan fingerprint density at radius 1 is 1.04 bits per heavy atom. The van der Waals surface area contributed by atoms with Crippen LogP contribution in [-0.4, -0.2) is 55.0 Å². The molecule has 1 amide bonds. The Hall–Kier alpha value is -3.09. The van der Waals surface area contributed by atoms with Crippen LogP contribution in [0.3, 0.4) is 0 Å². The summed E-state index contributed by atoms with van der Waals surface area (Å²) >= 11 is 0. The first kappa shape index (κ1) is 18.7. The van der Waals surface area contributed by atoms with Gasteiger partial charge in [-0.15, -0.1) is 0 Å². The highest BCUT2D eigenvalue weighted by atomic mass is 16.5. The third-order valence-corrected chi connectivity index (χ3v) is 4.80. The molecule has 7 nitrogen and oxygen atoms in total. The zero-order valence-corrected chi connectivity index (χ0v) is 15.7. The Labute approximate surface area is 157 Å². The van der Waals surface area contributed by atoms with Gasteiger partial charge in [0.1, 0.15) is 5.56 Å². The Bertz CT molecular complexity index is 910. The molecular weight excluding hydrogens is 346 g/mol. The van der Waals surface area contributed by atoms with Gasteiger partial charge in [0.15, 0.2) is 0 Å². The van der Waals surface area contributed by atoms with Gasteiger partial charge in [0.2, 0.25) is 0 Å². The van der Waals surface area contributed by atoms with Crippen molar-refractivity contribution in [1.29, 1.82) is 0 Å². The van der Waals surface area contributed by atoms with Crippen LogP contribution in [0.25, 0.3) is 0 Å². The normalized spacial score (nSPS) is 14.2. The summed E-state index contributed by atoms with van der Waals surface area (Å²) in [5.41, 5.74) is 2.81. The van der Waals surface area contributed by atoms with Crippen LogP contribution in [0.2, 0.25) is 0 Å². The first-order valence-electron chi connectivity index (χ1n) is 8.84. The standard InChI is InChI=1S/C20H23N3O4/c1-13-12-14(2)21-18(24)17(13)19(25)23-10-8-22(9-11-23)16-6-4-15(5-7-16)20(26)27-3/h4-7,12H,8-11H2,1-3H3,(H,21,24). The van der Waals surface area contributed by atoms with Crippen molar-refractivity contribution in [2.24, 2.45) is 0 Å². The van der Waals surface area contributed by atoms with Crippen molar-refractivity contribution in [3.05, 3.63) is 63.1 Å². The van der Waals surface area contributed by atoms with Crippen molar-refractivity contribution in [3.8, 4) is 0 Å². The first-order chi connectivity index (χ1) is 12.9. The number of rotatable bonds is 3. The van der Waals surface area contributed by atoms with Gasteiger partial charge in [-0.1, -0.05) is 0 Å². The van der Waals surface area contributed by atoms with E-state index in [0.29, 0.717) is 37.3 Å². The number of pyridine rings is 1. The van der Waals surface area contributed by atoms with Crippen molar-refractivity contribution in [2.45, 2.75) is 13.8 Å². The van der Waals surface area contributed by atoms with Crippen molar-refractivity contribution < 1.29 is 14.3 Å². The van der Waals surface area contributed by atoms with E-state index in [2.05, 4.69) is 9.88 Å². The molecule has 1 aliphatic heterocycles. The molecule has 0 aliphatic carbocycles. The molecule has 1 aliphatic rings. The van der Waals surface area contributed by atoms with Gasteiger partial charge in [-0.2, -0.15) is 0 Å².